The fourth-order valence-electron chi connectivity index (χ4n) is 2.97. The molecule has 2 aliphatic rings. The highest BCUT2D eigenvalue weighted by Crippen LogP contribution is 2.19. The van der Waals surface area contributed by atoms with Crippen molar-refractivity contribution < 1.29 is 18.9 Å². The van der Waals surface area contributed by atoms with Crippen LogP contribution in [0.5, 0.6) is 0 Å². The summed E-state index contributed by atoms with van der Waals surface area (Å²) in [5.74, 6) is 7.98. The van der Waals surface area contributed by atoms with Crippen LogP contribution in [0.1, 0.15) is 52.4 Å². The van der Waals surface area contributed by atoms with Crippen LogP contribution in [-0.2, 0) is 18.9 Å². The van der Waals surface area contributed by atoms with Crippen molar-refractivity contribution in [3.8, 4) is 11.8 Å². The lowest BCUT2D eigenvalue weighted by atomic mass is 10.0. The van der Waals surface area contributed by atoms with E-state index in [1.807, 2.05) is 0 Å². The lowest BCUT2D eigenvalue weighted by Crippen LogP contribution is -2.37. The lowest BCUT2D eigenvalue weighted by molar-refractivity contribution is -0.162. The van der Waals surface area contributed by atoms with E-state index in [9.17, 15) is 0 Å². The molecule has 0 aromatic carbocycles. The summed E-state index contributed by atoms with van der Waals surface area (Å²) in [6, 6.07) is -0.275. The van der Waals surface area contributed by atoms with E-state index in [1.165, 1.54) is 6.42 Å². The largest absolute Gasteiger partial charge is 0.483 e. The van der Waals surface area contributed by atoms with Crippen molar-refractivity contribution >= 4 is 11.8 Å². The lowest BCUT2D eigenvalue weighted by Gasteiger charge is -2.26. The maximum Gasteiger partial charge on any atom is 0.210 e. The Kier molecular flexibility index (Phi) is 8.93. The molecule has 3 atom stereocenters. The van der Waals surface area contributed by atoms with E-state index in [4.69, 9.17) is 18.9 Å². The van der Waals surface area contributed by atoms with Gasteiger partial charge in [-0.15, -0.1) is 11.8 Å². The van der Waals surface area contributed by atoms with Gasteiger partial charge in [0.05, 0.1) is 20.8 Å². The summed E-state index contributed by atoms with van der Waals surface area (Å²) in [5.41, 5.74) is 0. The Hall–Kier alpha value is -1.58. The Balaban J connectivity index is 1.74. The topological polar surface area (TPSA) is 61.6 Å². The van der Waals surface area contributed by atoms with E-state index in [2.05, 4.69) is 35.7 Å². The minimum Gasteiger partial charge on any atom is -0.483 e. The summed E-state index contributed by atoms with van der Waals surface area (Å²) < 4.78 is 22.1. The zero-order valence-electron chi connectivity index (χ0n) is 16.5. The molecule has 0 aromatic rings. The third kappa shape index (κ3) is 6.30. The van der Waals surface area contributed by atoms with Crippen LogP contribution in [0.2, 0.25) is 0 Å². The van der Waals surface area contributed by atoms with Gasteiger partial charge in [-0.05, 0) is 31.6 Å². The molecule has 1 saturated heterocycles. The number of nitrogens with zero attached hydrogens (tertiary/aromatic N) is 2. The molecular formula is C20H32N2O4. The molecule has 0 radical (unpaired) electrons. The predicted molar refractivity (Wildman–Crippen MR) is 102 cm³/mol. The zero-order valence-corrected chi connectivity index (χ0v) is 16.5. The van der Waals surface area contributed by atoms with Crippen LogP contribution < -0.4 is 0 Å². The maximum absolute atomic E-state index is 5.71. The van der Waals surface area contributed by atoms with Crippen molar-refractivity contribution in [1.29, 1.82) is 0 Å². The van der Waals surface area contributed by atoms with E-state index in [-0.39, 0.29) is 18.4 Å². The predicted octanol–water partition coefficient (Wildman–Crippen LogP) is 3.20. The molecule has 2 aliphatic heterocycles. The SMILES string of the molecule is COC1=N[C@H](C(C)C)C(OC)=NC1CC#CCCCO[C@H]1CCCCO1. The standard InChI is InChI=1S/C20H32N2O4/c1-15(2)18-20(24-4)21-16(19(22-18)23-3)11-7-5-6-9-13-25-17-12-8-10-14-26-17/h15-18H,6,8-14H2,1-4H3/t16?,17-,18-/m1/s1. The van der Waals surface area contributed by atoms with Gasteiger partial charge < -0.3 is 18.9 Å². The highest BCUT2D eigenvalue weighted by Gasteiger charge is 2.30. The van der Waals surface area contributed by atoms with Gasteiger partial charge >= 0.3 is 0 Å². The molecular weight excluding hydrogens is 332 g/mol. The fraction of sp³-hybridized carbons (Fsp3) is 0.800. The highest BCUT2D eigenvalue weighted by molar-refractivity contribution is 5.94. The van der Waals surface area contributed by atoms with Gasteiger partial charge in [-0.3, -0.25) is 0 Å². The van der Waals surface area contributed by atoms with Gasteiger partial charge in [0.2, 0.25) is 11.8 Å². The minimum atomic E-state index is -0.190. The van der Waals surface area contributed by atoms with Gasteiger partial charge in [0.15, 0.2) is 6.29 Å². The van der Waals surface area contributed by atoms with Crippen molar-refractivity contribution in [3.63, 3.8) is 0 Å². The third-order valence-electron chi connectivity index (χ3n) is 4.45. The molecule has 26 heavy (non-hydrogen) atoms. The van der Waals surface area contributed by atoms with Gasteiger partial charge in [-0.25, -0.2) is 9.98 Å². The summed E-state index contributed by atoms with van der Waals surface area (Å²) in [7, 11) is 3.27. The molecule has 0 amide bonds. The summed E-state index contributed by atoms with van der Waals surface area (Å²) >= 11 is 0. The molecule has 146 valence electrons. The van der Waals surface area contributed by atoms with E-state index in [1.54, 1.807) is 14.2 Å². The molecule has 0 aliphatic carbocycles. The molecule has 0 N–H and O–H groups in total. The molecule has 0 bridgehead atoms. The Labute approximate surface area is 157 Å². The van der Waals surface area contributed by atoms with Crippen molar-refractivity contribution in [1.82, 2.24) is 0 Å². The number of aliphatic imine (C=N–C) groups is 2. The molecule has 2 heterocycles. The van der Waals surface area contributed by atoms with Gasteiger partial charge in [0.25, 0.3) is 0 Å². The summed E-state index contributed by atoms with van der Waals surface area (Å²) in [6.07, 6.45) is 5.61. The van der Waals surface area contributed by atoms with Crippen LogP contribution in [0.4, 0.5) is 0 Å². The van der Waals surface area contributed by atoms with Crippen LogP contribution in [-0.4, -0.2) is 57.6 Å². The molecule has 1 unspecified atom stereocenters. The first-order chi connectivity index (χ1) is 12.7. The van der Waals surface area contributed by atoms with Crippen LogP contribution in [0.25, 0.3) is 0 Å². The Morgan fingerprint density at radius 3 is 2.58 bits per heavy atom. The quantitative estimate of drug-likeness (QED) is 0.536. The smallest absolute Gasteiger partial charge is 0.210 e. The van der Waals surface area contributed by atoms with Crippen LogP contribution >= 0.6 is 0 Å². The van der Waals surface area contributed by atoms with Crippen molar-refractivity contribution in [2.24, 2.45) is 15.9 Å². The Bertz CT molecular complexity index is 542. The molecule has 6 nitrogen and oxygen atoms in total. The summed E-state index contributed by atoms with van der Waals surface area (Å²) in [5, 5.41) is 0. The molecule has 2 rings (SSSR count). The van der Waals surface area contributed by atoms with Crippen LogP contribution in [0.15, 0.2) is 9.98 Å². The van der Waals surface area contributed by atoms with E-state index < -0.39 is 0 Å². The van der Waals surface area contributed by atoms with Gasteiger partial charge in [0.1, 0.15) is 12.1 Å². The van der Waals surface area contributed by atoms with Crippen molar-refractivity contribution in [2.75, 3.05) is 27.4 Å². The average molecular weight is 364 g/mol. The van der Waals surface area contributed by atoms with Gasteiger partial charge in [0, 0.05) is 19.4 Å². The second kappa shape index (κ2) is 11.2. The number of unbranched alkanes of at least 4 members (excludes halogenated alkanes) is 1. The summed E-state index contributed by atoms with van der Waals surface area (Å²) in [4.78, 5) is 9.30. The molecule has 0 saturated carbocycles. The molecule has 0 spiro atoms. The van der Waals surface area contributed by atoms with Crippen molar-refractivity contribution in [3.05, 3.63) is 0 Å². The minimum absolute atomic E-state index is 0.0184. The number of methoxy groups -OCH3 is 2. The Morgan fingerprint density at radius 1 is 1.12 bits per heavy atom. The number of ether oxygens (including phenoxy) is 4. The van der Waals surface area contributed by atoms with E-state index >= 15 is 0 Å². The van der Waals surface area contributed by atoms with Crippen LogP contribution in [0.3, 0.4) is 0 Å². The van der Waals surface area contributed by atoms with E-state index in [0.717, 1.165) is 32.3 Å². The number of hydrogen-bond acceptors (Lipinski definition) is 6. The summed E-state index contributed by atoms with van der Waals surface area (Å²) in [6.45, 7) is 5.69. The normalized spacial score (nSPS) is 25.8. The maximum atomic E-state index is 5.71. The highest BCUT2D eigenvalue weighted by atomic mass is 16.7. The Morgan fingerprint density at radius 2 is 1.92 bits per heavy atom. The number of rotatable bonds is 6. The first-order valence-electron chi connectivity index (χ1n) is 9.58. The van der Waals surface area contributed by atoms with Gasteiger partial charge in [-0.1, -0.05) is 13.8 Å². The fourth-order valence-corrected chi connectivity index (χ4v) is 2.97. The first-order valence-corrected chi connectivity index (χ1v) is 9.58. The second-order valence-corrected chi connectivity index (χ2v) is 6.88. The van der Waals surface area contributed by atoms with Gasteiger partial charge in [-0.2, -0.15) is 0 Å². The van der Waals surface area contributed by atoms with Crippen LogP contribution in [0, 0.1) is 17.8 Å². The second-order valence-electron chi connectivity index (χ2n) is 6.88. The molecule has 6 heteroatoms. The number of hydrogen-bond donors (Lipinski definition) is 0. The van der Waals surface area contributed by atoms with E-state index in [0.29, 0.717) is 30.7 Å². The third-order valence-corrected chi connectivity index (χ3v) is 4.45. The van der Waals surface area contributed by atoms with Crippen molar-refractivity contribution in [2.45, 2.75) is 70.7 Å². The molecule has 0 aromatic heterocycles. The first kappa shape index (κ1) is 20.7. The molecule has 1 fully saturated rings. The average Bonchev–Trinajstić information content (AvgIpc) is 2.67. The zero-order chi connectivity index (χ0) is 18.8. The monoisotopic (exact) mass is 364 g/mol.